The number of ether oxygens (including phenoxy) is 2. The molecule has 0 radical (unpaired) electrons. The van der Waals surface area contributed by atoms with Crippen molar-refractivity contribution in [1.29, 1.82) is 0 Å². The third-order valence-electron chi connectivity index (χ3n) is 5.10. The molecule has 0 unspecified atom stereocenters. The zero-order valence-electron chi connectivity index (χ0n) is 17.4. The first-order chi connectivity index (χ1) is 15.1. The number of alkyl halides is 1. The summed E-state index contributed by atoms with van der Waals surface area (Å²) in [6.45, 7) is 2.71. The van der Waals surface area contributed by atoms with E-state index >= 15 is 0 Å². The minimum Gasteiger partial charge on any atom is -0.497 e. The van der Waals surface area contributed by atoms with E-state index in [2.05, 4.69) is 54.8 Å². The molecule has 3 heterocycles. The fraction of sp³-hybridized carbons (Fsp3) is 0.318. The first-order valence-electron chi connectivity index (χ1n) is 9.80. The Morgan fingerprint density at radius 3 is 2.55 bits per heavy atom. The Morgan fingerprint density at radius 2 is 1.87 bits per heavy atom. The molecule has 0 amide bonds. The minimum absolute atomic E-state index is 0.224. The Morgan fingerprint density at radius 1 is 1.13 bits per heavy atom. The van der Waals surface area contributed by atoms with Crippen molar-refractivity contribution in [2.75, 3.05) is 44.9 Å². The van der Waals surface area contributed by atoms with Crippen molar-refractivity contribution in [3.63, 3.8) is 0 Å². The summed E-state index contributed by atoms with van der Waals surface area (Å²) < 4.78 is 12.6. The average Bonchev–Trinajstić information content (AvgIpc) is 3.13. The first kappa shape index (κ1) is 21.2. The highest BCUT2D eigenvalue weighted by Crippen LogP contribution is 2.28. The van der Waals surface area contributed by atoms with E-state index in [0.717, 1.165) is 30.5 Å². The number of benzene rings is 1. The number of nitrogen functional groups attached to an aromatic ring is 1. The predicted molar refractivity (Wildman–Crippen MR) is 124 cm³/mol. The van der Waals surface area contributed by atoms with Crippen LogP contribution >= 0.6 is 15.9 Å². The van der Waals surface area contributed by atoms with Crippen molar-refractivity contribution >= 4 is 32.8 Å². The maximum atomic E-state index is 6.16. The van der Waals surface area contributed by atoms with Gasteiger partial charge in [-0.15, -0.1) is 0 Å². The maximum Gasteiger partial charge on any atom is 0.165 e. The summed E-state index contributed by atoms with van der Waals surface area (Å²) in [6.07, 6.45) is 5.73. The summed E-state index contributed by atoms with van der Waals surface area (Å²) in [6, 6.07) is 5.72. The number of likely N-dealkylation sites (tertiary alicyclic amines) is 1. The zero-order valence-corrected chi connectivity index (χ0v) is 19.0. The molecule has 0 saturated carbocycles. The summed E-state index contributed by atoms with van der Waals surface area (Å²) in [5, 5.41) is 6.30. The van der Waals surface area contributed by atoms with Crippen LogP contribution in [0.5, 0.6) is 11.5 Å². The molecule has 0 aliphatic carbocycles. The van der Waals surface area contributed by atoms with Crippen molar-refractivity contribution in [2.45, 2.75) is 6.04 Å². The lowest BCUT2D eigenvalue weighted by Crippen LogP contribution is -2.47. The lowest BCUT2D eigenvalue weighted by molar-refractivity contribution is 0.115. The standard InChI is InChI=1S/C22H23BrN6O2/c1-30-17-9-15(10-18(11-17)31-2)5-6-19-20-21(24)25-14-26-22(20)29(27-19)16-12-28(13-16)8-4-3-7-23/h3-4,9-11,14,16H,7-8,12-13H2,1-2H3,(H2,24,25,26). The number of hydrogen-bond acceptors (Lipinski definition) is 7. The molecule has 1 fully saturated rings. The predicted octanol–water partition coefficient (Wildman–Crippen LogP) is 2.63. The van der Waals surface area contributed by atoms with Crippen LogP contribution < -0.4 is 15.2 Å². The van der Waals surface area contributed by atoms with Gasteiger partial charge in [0.25, 0.3) is 0 Å². The summed E-state index contributed by atoms with van der Waals surface area (Å²) in [5.74, 6) is 8.00. The maximum absolute atomic E-state index is 6.16. The lowest BCUT2D eigenvalue weighted by Gasteiger charge is -2.38. The van der Waals surface area contributed by atoms with E-state index in [1.54, 1.807) is 20.3 Å². The third-order valence-corrected chi connectivity index (χ3v) is 5.47. The molecule has 160 valence electrons. The Hall–Kier alpha value is -3.09. The molecule has 8 nitrogen and oxygen atoms in total. The van der Waals surface area contributed by atoms with Gasteiger partial charge < -0.3 is 15.2 Å². The second kappa shape index (κ2) is 9.37. The molecule has 0 atom stereocenters. The molecule has 0 bridgehead atoms. The van der Waals surface area contributed by atoms with Gasteiger partial charge in [0.05, 0.1) is 25.6 Å². The van der Waals surface area contributed by atoms with Gasteiger partial charge in [0.15, 0.2) is 5.65 Å². The normalized spacial score (nSPS) is 14.4. The van der Waals surface area contributed by atoms with Gasteiger partial charge in [0, 0.05) is 36.6 Å². The number of nitrogens with two attached hydrogens (primary N) is 1. The summed E-state index contributed by atoms with van der Waals surface area (Å²) in [4.78, 5) is 10.9. The number of nitrogens with zero attached hydrogens (tertiary/aromatic N) is 5. The van der Waals surface area contributed by atoms with Crippen LogP contribution in [0.3, 0.4) is 0 Å². The second-order valence-corrected chi connectivity index (χ2v) is 7.75. The molecule has 1 aromatic carbocycles. The van der Waals surface area contributed by atoms with Gasteiger partial charge >= 0.3 is 0 Å². The van der Waals surface area contributed by atoms with Crippen LogP contribution in [-0.2, 0) is 0 Å². The van der Waals surface area contributed by atoms with E-state index in [0.29, 0.717) is 34.0 Å². The number of fused-ring (bicyclic) bond motifs is 1. The topological polar surface area (TPSA) is 91.3 Å². The number of anilines is 1. The molecular formula is C22H23BrN6O2. The van der Waals surface area contributed by atoms with Gasteiger partial charge in [-0.05, 0) is 18.1 Å². The third kappa shape index (κ3) is 4.50. The largest absolute Gasteiger partial charge is 0.497 e. The molecule has 31 heavy (non-hydrogen) atoms. The summed E-state index contributed by atoms with van der Waals surface area (Å²) in [5.41, 5.74) is 8.19. The molecule has 2 N–H and O–H groups in total. The molecule has 9 heteroatoms. The quantitative estimate of drug-likeness (QED) is 0.328. The van der Waals surface area contributed by atoms with Crippen LogP contribution in [0, 0.1) is 11.8 Å². The van der Waals surface area contributed by atoms with Crippen LogP contribution in [0.15, 0.2) is 36.7 Å². The number of hydrogen-bond donors (Lipinski definition) is 1. The molecule has 0 spiro atoms. The van der Waals surface area contributed by atoms with Crippen LogP contribution in [0.2, 0.25) is 0 Å². The fourth-order valence-corrected chi connectivity index (χ4v) is 3.75. The average molecular weight is 483 g/mol. The monoisotopic (exact) mass is 482 g/mol. The van der Waals surface area contributed by atoms with Gasteiger partial charge in [-0.3, -0.25) is 4.90 Å². The number of allylic oxidation sites excluding steroid dienone is 1. The number of rotatable bonds is 6. The number of methoxy groups -OCH3 is 2. The molecule has 1 aliphatic heterocycles. The van der Waals surface area contributed by atoms with E-state index in [4.69, 9.17) is 20.3 Å². The molecule has 4 rings (SSSR count). The lowest BCUT2D eigenvalue weighted by atomic mass is 10.1. The first-order valence-corrected chi connectivity index (χ1v) is 10.9. The Kier molecular flexibility index (Phi) is 6.39. The highest BCUT2D eigenvalue weighted by Gasteiger charge is 2.30. The van der Waals surface area contributed by atoms with Crippen LogP contribution in [0.25, 0.3) is 11.0 Å². The Balaban J connectivity index is 1.65. The molecule has 2 aromatic heterocycles. The Bertz CT molecular complexity index is 1150. The van der Waals surface area contributed by atoms with Crippen molar-refractivity contribution < 1.29 is 9.47 Å². The number of aromatic nitrogens is 4. The molecule has 1 saturated heterocycles. The smallest absolute Gasteiger partial charge is 0.165 e. The van der Waals surface area contributed by atoms with Crippen LogP contribution in [-0.4, -0.2) is 63.8 Å². The van der Waals surface area contributed by atoms with Gasteiger partial charge in [-0.25, -0.2) is 14.6 Å². The second-order valence-electron chi connectivity index (χ2n) is 7.10. The van der Waals surface area contributed by atoms with Crippen molar-refractivity contribution in [3.05, 3.63) is 47.9 Å². The van der Waals surface area contributed by atoms with E-state index in [1.165, 1.54) is 6.33 Å². The van der Waals surface area contributed by atoms with Gasteiger partial charge in [-0.1, -0.05) is 34.0 Å². The van der Waals surface area contributed by atoms with Crippen molar-refractivity contribution in [3.8, 4) is 23.3 Å². The van der Waals surface area contributed by atoms with Crippen molar-refractivity contribution in [2.24, 2.45) is 0 Å². The van der Waals surface area contributed by atoms with E-state index in [-0.39, 0.29) is 6.04 Å². The number of halogens is 1. The van der Waals surface area contributed by atoms with Gasteiger partial charge in [-0.2, -0.15) is 5.10 Å². The van der Waals surface area contributed by atoms with Gasteiger partial charge in [0.1, 0.15) is 29.3 Å². The van der Waals surface area contributed by atoms with E-state index < -0.39 is 0 Å². The van der Waals surface area contributed by atoms with Gasteiger partial charge in [0.2, 0.25) is 0 Å². The van der Waals surface area contributed by atoms with Crippen LogP contribution in [0.1, 0.15) is 17.3 Å². The molecule has 1 aliphatic rings. The minimum atomic E-state index is 0.224. The molecular weight excluding hydrogens is 460 g/mol. The van der Waals surface area contributed by atoms with Crippen molar-refractivity contribution in [1.82, 2.24) is 24.6 Å². The summed E-state index contributed by atoms with van der Waals surface area (Å²) >= 11 is 3.40. The highest BCUT2D eigenvalue weighted by atomic mass is 79.9. The fourth-order valence-electron chi connectivity index (χ4n) is 3.48. The highest BCUT2D eigenvalue weighted by molar-refractivity contribution is 9.09. The zero-order chi connectivity index (χ0) is 21.8. The Labute approximate surface area is 189 Å². The van der Waals surface area contributed by atoms with Crippen LogP contribution in [0.4, 0.5) is 5.82 Å². The van der Waals surface area contributed by atoms with E-state index in [9.17, 15) is 0 Å². The van der Waals surface area contributed by atoms with E-state index in [1.807, 2.05) is 16.8 Å². The summed E-state index contributed by atoms with van der Waals surface area (Å²) in [7, 11) is 3.22. The molecule has 3 aromatic rings. The SMILES string of the molecule is COc1cc(C#Cc2nn(C3CN(CC=CCBr)C3)c3ncnc(N)c23)cc(OC)c1.